The van der Waals surface area contributed by atoms with Crippen LogP contribution in [0.3, 0.4) is 0 Å². The fraction of sp³-hybridized carbons (Fsp3) is 0.0870. The van der Waals surface area contributed by atoms with Crippen LogP contribution in [-0.4, -0.2) is 37.8 Å². The topological polar surface area (TPSA) is 109 Å². The molecule has 0 amide bonds. The van der Waals surface area contributed by atoms with Crippen LogP contribution in [0.15, 0.2) is 71.6 Å². The summed E-state index contributed by atoms with van der Waals surface area (Å²) < 4.78 is 124. The molecule has 2 N–H and O–H groups in total. The molecule has 4 aromatic rings. The molecule has 1 aromatic heterocycles. The number of imidazole rings is 1. The van der Waals surface area contributed by atoms with Gasteiger partial charge in [0.15, 0.2) is 0 Å². The van der Waals surface area contributed by atoms with Crippen molar-refractivity contribution in [2.75, 3.05) is 4.72 Å². The highest BCUT2D eigenvalue weighted by Crippen LogP contribution is 2.34. The zero-order valence-electron chi connectivity index (χ0n) is 18.7. The molecule has 0 saturated heterocycles. The van der Waals surface area contributed by atoms with Crippen molar-refractivity contribution in [2.45, 2.75) is 15.9 Å². The lowest BCUT2D eigenvalue weighted by Crippen LogP contribution is -2.30. The molecule has 3 aromatic carbocycles. The van der Waals surface area contributed by atoms with E-state index in [-0.39, 0.29) is 11.3 Å². The van der Waals surface area contributed by atoms with Gasteiger partial charge < -0.3 is 4.98 Å². The van der Waals surface area contributed by atoms with Gasteiger partial charge in [0, 0.05) is 5.56 Å². The van der Waals surface area contributed by atoms with E-state index in [1.54, 1.807) is 16.9 Å². The molecule has 7 nitrogen and oxygen atoms in total. The lowest BCUT2D eigenvalue weighted by molar-refractivity contribution is -0.0439. The van der Waals surface area contributed by atoms with Gasteiger partial charge in [0.05, 0.1) is 21.6 Å². The molecule has 0 atom stereocenters. The van der Waals surface area contributed by atoms with E-state index in [0.29, 0.717) is 28.0 Å². The van der Waals surface area contributed by atoms with Gasteiger partial charge in [-0.15, -0.1) is 0 Å². The van der Waals surface area contributed by atoms with Crippen LogP contribution >= 0.6 is 0 Å². The largest absolute Gasteiger partial charge is 0.516 e. The minimum absolute atomic E-state index is 0.177. The van der Waals surface area contributed by atoms with Crippen LogP contribution in [0.4, 0.5) is 32.0 Å². The molecule has 0 radical (unpaired) electrons. The van der Waals surface area contributed by atoms with Gasteiger partial charge in [-0.2, -0.15) is 34.8 Å². The average Bonchev–Trinajstić information content (AvgIpc) is 3.24. The van der Waals surface area contributed by atoms with Crippen molar-refractivity contribution in [1.82, 2.24) is 9.97 Å². The second-order valence-electron chi connectivity index (χ2n) is 7.80. The number of rotatable bonds is 6. The summed E-state index contributed by atoms with van der Waals surface area (Å²) in [6, 6.07) is 14.2. The highest BCUT2D eigenvalue weighted by Gasteiger charge is 2.47. The molecule has 0 bridgehead atoms. The molecule has 0 saturated carbocycles. The maximum Gasteiger partial charge on any atom is 0.516 e. The Bertz CT molecular complexity index is 1740. The summed E-state index contributed by atoms with van der Waals surface area (Å²) in [5.41, 5.74) is -9.33. The number of sulfone groups is 1. The Balaban J connectivity index is 1.60. The predicted octanol–water partition coefficient (Wildman–Crippen LogP) is 5.96. The Morgan fingerprint density at radius 3 is 2.08 bits per heavy atom. The van der Waals surface area contributed by atoms with Crippen LogP contribution in [0.5, 0.6) is 0 Å². The summed E-state index contributed by atoms with van der Waals surface area (Å²) in [6.07, 6.45) is 2.96. The number of nitrogens with zero attached hydrogens (tertiary/aromatic N) is 1. The second-order valence-corrected chi connectivity index (χ2v) is 11.4. The fourth-order valence-electron chi connectivity index (χ4n) is 3.37. The molecule has 1 heterocycles. The summed E-state index contributed by atoms with van der Waals surface area (Å²) in [5, 5.41) is 0. The number of hydrogen-bond acceptors (Lipinski definition) is 5. The molecule has 38 heavy (non-hydrogen) atoms. The van der Waals surface area contributed by atoms with Gasteiger partial charge >= 0.3 is 21.0 Å². The summed E-state index contributed by atoms with van der Waals surface area (Å²) in [4.78, 5) is 6.42. The van der Waals surface area contributed by atoms with Crippen molar-refractivity contribution < 1.29 is 43.2 Å². The van der Waals surface area contributed by atoms with E-state index in [2.05, 4.69) is 9.97 Å². The quantitative estimate of drug-likeness (QED) is 0.276. The number of hydrogen-bond donors (Lipinski definition) is 2. The van der Waals surface area contributed by atoms with E-state index >= 15 is 0 Å². The molecule has 0 fully saturated rings. The van der Waals surface area contributed by atoms with Crippen LogP contribution in [-0.2, 0) is 19.9 Å². The fourth-order valence-corrected chi connectivity index (χ4v) is 4.71. The number of benzene rings is 3. The predicted molar refractivity (Wildman–Crippen MR) is 129 cm³/mol. The first-order valence-corrected chi connectivity index (χ1v) is 13.3. The molecule has 4 rings (SSSR count). The number of aromatic nitrogens is 2. The highest BCUT2D eigenvalue weighted by atomic mass is 32.2. The van der Waals surface area contributed by atoms with Crippen molar-refractivity contribution in [3.05, 3.63) is 78.1 Å². The molecule has 0 spiro atoms. The number of aromatic amines is 1. The van der Waals surface area contributed by atoms with Crippen LogP contribution in [0.25, 0.3) is 34.3 Å². The number of H-pyrrole nitrogens is 1. The monoisotopic (exact) mass is 575 g/mol. The summed E-state index contributed by atoms with van der Waals surface area (Å²) in [6.45, 7) is 0. The highest BCUT2D eigenvalue weighted by molar-refractivity contribution is 7.93. The van der Waals surface area contributed by atoms with Gasteiger partial charge in [-0.3, -0.25) is 4.72 Å². The molecule has 0 aliphatic carbocycles. The lowest BCUT2D eigenvalue weighted by Gasteiger charge is -2.14. The molecule has 0 unspecified atom stereocenters. The Morgan fingerprint density at radius 2 is 1.45 bits per heavy atom. The van der Waals surface area contributed by atoms with Gasteiger partial charge in [-0.05, 0) is 47.5 Å². The number of nitrogens with one attached hydrogen (secondary N) is 2. The number of para-hydroxylation sites is 1. The first kappa shape index (κ1) is 27.2. The van der Waals surface area contributed by atoms with Crippen molar-refractivity contribution in [3.63, 3.8) is 0 Å². The minimum Gasteiger partial charge on any atom is -0.338 e. The van der Waals surface area contributed by atoms with E-state index in [1.165, 1.54) is 54.6 Å². The van der Waals surface area contributed by atoms with E-state index < -0.39 is 35.8 Å². The van der Waals surface area contributed by atoms with Gasteiger partial charge in [0.1, 0.15) is 5.82 Å². The number of sulfonamides is 1. The summed E-state index contributed by atoms with van der Waals surface area (Å²) in [5.74, 6) is 0.315. The lowest BCUT2D eigenvalue weighted by atomic mass is 10.0. The number of alkyl halides is 6. The Morgan fingerprint density at radius 1 is 0.789 bits per heavy atom. The molecule has 200 valence electrons. The summed E-state index contributed by atoms with van der Waals surface area (Å²) in [7, 11) is -11.1. The average molecular weight is 576 g/mol. The zero-order valence-corrected chi connectivity index (χ0v) is 20.3. The smallest absolute Gasteiger partial charge is 0.338 e. The number of fused-ring (bicyclic) bond motifs is 1. The third-order valence-electron chi connectivity index (χ3n) is 5.22. The second kappa shape index (κ2) is 9.47. The third kappa shape index (κ3) is 5.38. The molecular weight excluding hydrogens is 560 g/mol. The van der Waals surface area contributed by atoms with E-state index in [4.69, 9.17) is 0 Å². The minimum atomic E-state index is -5.64. The first-order chi connectivity index (χ1) is 17.6. The Labute approximate surface area is 211 Å². The van der Waals surface area contributed by atoms with E-state index in [1.807, 2.05) is 0 Å². The van der Waals surface area contributed by atoms with Crippen LogP contribution in [0.1, 0.15) is 11.4 Å². The van der Waals surface area contributed by atoms with Crippen LogP contribution < -0.4 is 4.72 Å². The first-order valence-electron chi connectivity index (χ1n) is 10.4. The maximum absolute atomic E-state index is 12.8. The molecular formula is C23H15F6N3O4S2. The van der Waals surface area contributed by atoms with Crippen molar-refractivity contribution in [3.8, 4) is 11.1 Å². The molecule has 0 aliphatic rings. The number of anilines is 1. The van der Waals surface area contributed by atoms with Gasteiger partial charge in [0.25, 0.3) is 9.84 Å². The van der Waals surface area contributed by atoms with Gasteiger partial charge in [-0.25, -0.2) is 13.4 Å². The SMILES string of the molecule is O=S(=O)(Nc1ccccc1-c1ccc2[nH]c(/C=C/c3ccc(S(=O)(=O)C(F)(F)F)cc3)nc2c1)C(F)(F)F. The van der Waals surface area contributed by atoms with Crippen molar-refractivity contribution in [2.24, 2.45) is 0 Å². The van der Waals surface area contributed by atoms with Gasteiger partial charge in [0.2, 0.25) is 0 Å². The molecule has 15 heteroatoms. The van der Waals surface area contributed by atoms with Crippen LogP contribution in [0.2, 0.25) is 0 Å². The standard InChI is InChI=1S/C23H15F6N3O4S2/c24-22(25,26)37(33,34)16-9-5-14(6-10-16)7-12-21-30-19-11-8-15(13-20(19)31-21)17-3-1-2-4-18(17)32-38(35,36)23(27,28)29/h1-13,32H,(H,30,31)/b12-7+. The molecule has 0 aliphatic heterocycles. The Hall–Kier alpha value is -3.85. The van der Waals surface area contributed by atoms with Crippen LogP contribution in [0, 0.1) is 0 Å². The van der Waals surface area contributed by atoms with Crippen molar-refractivity contribution in [1.29, 1.82) is 0 Å². The van der Waals surface area contributed by atoms with Crippen molar-refractivity contribution >= 4 is 48.7 Å². The Kier molecular flexibility index (Phi) is 6.78. The van der Waals surface area contributed by atoms with E-state index in [0.717, 1.165) is 12.1 Å². The number of halogens is 6. The normalized spacial score (nSPS) is 13.3. The maximum atomic E-state index is 12.8. The third-order valence-corrected chi connectivity index (χ3v) is 7.82. The zero-order chi connectivity index (χ0) is 27.9. The van der Waals surface area contributed by atoms with Gasteiger partial charge in [-0.1, -0.05) is 42.5 Å². The summed E-state index contributed by atoms with van der Waals surface area (Å²) >= 11 is 0. The van der Waals surface area contributed by atoms with E-state index in [9.17, 15) is 43.2 Å².